The molecule has 1 atom stereocenters. The third-order valence-corrected chi connectivity index (χ3v) is 3.13. The van der Waals surface area contributed by atoms with Crippen LogP contribution in [0.3, 0.4) is 0 Å². The van der Waals surface area contributed by atoms with Crippen LogP contribution >= 0.6 is 11.6 Å². The Hall–Kier alpha value is -1.55. The largest absolute Gasteiger partial charge is 0.426 e. The van der Waals surface area contributed by atoms with Gasteiger partial charge in [-0.25, -0.2) is 0 Å². The summed E-state index contributed by atoms with van der Waals surface area (Å²) in [7, 11) is 0. The second-order valence-electron chi connectivity index (χ2n) is 4.26. The predicted molar refractivity (Wildman–Crippen MR) is 67.7 cm³/mol. The Morgan fingerprint density at radius 3 is 2.94 bits per heavy atom. The van der Waals surface area contributed by atoms with Crippen molar-refractivity contribution >= 4 is 23.5 Å². The third kappa shape index (κ3) is 2.82. The van der Waals surface area contributed by atoms with Gasteiger partial charge in [-0.15, -0.1) is 11.6 Å². The molecule has 0 saturated heterocycles. The molecule has 0 radical (unpaired) electrons. The van der Waals surface area contributed by atoms with Crippen LogP contribution in [0.25, 0.3) is 0 Å². The van der Waals surface area contributed by atoms with Gasteiger partial charge in [0.1, 0.15) is 11.6 Å². The molecule has 18 heavy (non-hydrogen) atoms. The smallest absolute Gasteiger partial charge is 0.326 e. The second-order valence-corrected chi connectivity index (χ2v) is 4.53. The normalized spacial score (nSPS) is 17.1. The number of benzene rings is 1. The molecule has 96 valence electrons. The standard InChI is InChI=1S/C13H14ClNO3/c1-8(16)15-12-5-2-9-6-10(3-4-11(9)12)18-13(17)7-14/h3-4,6,12H,2,5,7H2,1H3,(H,15,16). The van der Waals surface area contributed by atoms with Gasteiger partial charge in [-0.1, -0.05) is 6.07 Å². The van der Waals surface area contributed by atoms with Crippen molar-refractivity contribution in [3.8, 4) is 5.75 Å². The van der Waals surface area contributed by atoms with Crippen LogP contribution in [0.15, 0.2) is 18.2 Å². The number of ether oxygens (including phenoxy) is 1. The number of halogens is 1. The number of rotatable bonds is 3. The molecule has 1 N–H and O–H groups in total. The van der Waals surface area contributed by atoms with Gasteiger partial charge in [-0.3, -0.25) is 9.59 Å². The van der Waals surface area contributed by atoms with E-state index in [-0.39, 0.29) is 17.8 Å². The molecule has 1 aromatic rings. The van der Waals surface area contributed by atoms with Crippen molar-refractivity contribution < 1.29 is 14.3 Å². The van der Waals surface area contributed by atoms with Crippen LogP contribution in [-0.4, -0.2) is 17.8 Å². The van der Waals surface area contributed by atoms with Crippen LogP contribution in [0.5, 0.6) is 5.75 Å². The molecule has 1 unspecified atom stereocenters. The van der Waals surface area contributed by atoms with Crippen molar-refractivity contribution in [2.75, 3.05) is 5.88 Å². The highest BCUT2D eigenvalue weighted by Gasteiger charge is 2.23. The number of nitrogens with one attached hydrogen (secondary N) is 1. The zero-order valence-electron chi connectivity index (χ0n) is 10.0. The van der Waals surface area contributed by atoms with Crippen molar-refractivity contribution in [2.24, 2.45) is 0 Å². The first kappa shape index (κ1) is 12.9. The monoisotopic (exact) mass is 267 g/mol. The van der Waals surface area contributed by atoms with Gasteiger partial charge in [0.2, 0.25) is 5.91 Å². The molecule has 1 amide bonds. The molecule has 0 spiro atoms. The average molecular weight is 268 g/mol. The number of fused-ring (bicyclic) bond motifs is 1. The van der Waals surface area contributed by atoms with Crippen LogP contribution in [0, 0.1) is 0 Å². The summed E-state index contributed by atoms with van der Waals surface area (Å²) in [5, 5.41) is 2.90. The Labute approximate surface area is 110 Å². The highest BCUT2D eigenvalue weighted by molar-refractivity contribution is 6.26. The fraction of sp³-hybridized carbons (Fsp3) is 0.385. The summed E-state index contributed by atoms with van der Waals surface area (Å²) in [6.45, 7) is 1.51. The molecule has 0 saturated carbocycles. The van der Waals surface area contributed by atoms with Crippen molar-refractivity contribution in [3.63, 3.8) is 0 Å². The number of aryl methyl sites for hydroxylation is 1. The Balaban J connectivity index is 2.15. The summed E-state index contributed by atoms with van der Waals surface area (Å²) in [5.41, 5.74) is 2.20. The number of alkyl halides is 1. The van der Waals surface area contributed by atoms with Crippen LogP contribution in [0.2, 0.25) is 0 Å². The van der Waals surface area contributed by atoms with Gasteiger partial charge >= 0.3 is 5.97 Å². The van der Waals surface area contributed by atoms with Crippen molar-refractivity contribution in [1.29, 1.82) is 0 Å². The predicted octanol–water partition coefficient (Wildman–Crippen LogP) is 1.95. The fourth-order valence-corrected chi connectivity index (χ4v) is 2.27. The lowest BCUT2D eigenvalue weighted by Crippen LogP contribution is -2.24. The van der Waals surface area contributed by atoms with Crippen molar-refractivity contribution in [3.05, 3.63) is 29.3 Å². The quantitative estimate of drug-likeness (QED) is 0.517. The molecule has 5 heteroatoms. The van der Waals surface area contributed by atoms with Crippen LogP contribution < -0.4 is 10.1 Å². The first-order chi connectivity index (χ1) is 8.60. The number of carbonyl (C=O) groups is 2. The molecule has 1 aromatic carbocycles. The molecule has 0 bridgehead atoms. The lowest BCUT2D eigenvalue weighted by Gasteiger charge is -2.12. The summed E-state index contributed by atoms with van der Waals surface area (Å²) in [6.07, 6.45) is 1.74. The zero-order chi connectivity index (χ0) is 13.1. The first-order valence-corrected chi connectivity index (χ1v) is 6.30. The van der Waals surface area contributed by atoms with Gasteiger partial charge in [0.15, 0.2) is 0 Å². The highest BCUT2D eigenvalue weighted by Crippen LogP contribution is 2.33. The number of hydrogen-bond acceptors (Lipinski definition) is 3. The van der Waals surface area contributed by atoms with Gasteiger partial charge in [-0.05, 0) is 36.1 Å². The van der Waals surface area contributed by atoms with Gasteiger partial charge in [0.25, 0.3) is 0 Å². The van der Waals surface area contributed by atoms with E-state index in [4.69, 9.17) is 16.3 Å². The summed E-state index contributed by atoms with van der Waals surface area (Å²) in [5.74, 6) is -0.160. The topological polar surface area (TPSA) is 55.4 Å². The Kier molecular flexibility index (Phi) is 3.87. The lowest BCUT2D eigenvalue weighted by molar-refractivity contribution is -0.131. The summed E-state index contributed by atoms with van der Waals surface area (Å²) in [4.78, 5) is 22.1. The van der Waals surface area contributed by atoms with Gasteiger partial charge in [0.05, 0.1) is 6.04 Å². The molecule has 4 nitrogen and oxygen atoms in total. The van der Waals surface area contributed by atoms with E-state index in [2.05, 4.69) is 5.32 Å². The van der Waals surface area contributed by atoms with E-state index in [0.717, 1.165) is 24.0 Å². The van der Waals surface area contributed by atoms with E-state index in [1.165, 1.54) is 6.92 Å². The maximum absolute atomic E-state index is 11.1. The van der Waals surface area contributed by atoms with Gasteiger partial charge in [0, 0.05) is 6.92 Å². The van der Waals surface area contributed by atoms with Crippen LogP contribution in [-0.2, 0) is 16.0 Å². The van der Waals surface area contributed by atoms with Gasteiger partial charge in [-0.2, -0.15) is 0 Å². The molecule has 2 rings (SSSR count). The summed E-state index contributed by atoms with van der Waals surface area (Å²) < 4.78 is 5.05. The number of esters is 1. The maximum atomic E-state index is 11.1. The molecule has 0 aliphatic heterocycles. The maximum Gasteiger partial charge on any atom is 0.326 e. The van der Waals surface area contributed by atoms with E-state index < -0.39 is 5.97 Å². The SMILES string of the molecule is CC(=O)NC1CCc2cc(OC(=O)CCl)ccc21. The molecule has 0 fully saturated rings. The number of hydrogen-bond donors (Lipinski definition) is 1. The van der Waals surface area contributed by atoms with E-state index in [1.54, 1.807) is 6.07 Å². The Morgan fingerprint density at radius 1 is 1.50 bits per heavy atom. The zero-order valence-corrected chi connectivity index (χ0v) is 10.8. The molecular weight excluding hydrogens is 254 g/mol. The minimum atomic E-state index is -0.465. The minimum Gasteiger partial charge on any atom is -0.426 e. The first-order valence-electron chi connectivity index (χ1n) is 5.76. The average Bonchev–Trinajstić information content (AvgIpc) is 2.71. The Bertz CT molecular complexity index is 487. The fourth-order valence-electron chi connectivity index (χ4n) is 2.21. The Morgan fingerprint density at radius 2 is 2.28 bits per heavy atom. The summed E-state index contributed by atoms with van der Waals surface area (Å²) >= 11 is 5.38. The van der Waals surface area contributed by atoms with Crippen molar-refractivity contribution in [2.45, 2.75) is 25.8 Å². The van der Waals surface area contributed by atoms with Crippen LogP contribution in [0.1, 0.15) is 30.5 Å². The third-order valence-electron chi connectivity index (χ3n) is 2.91. The molecule has 0 heterocycles. The van der Waals surface area contributed by atoms with E-state index in [0.29, 0.717) is 5.75 Å². The van der Waals surface area contributed by atoms with Gasteiger partial charge < -0.3 is 10.1 Å². The highest BCUT2D eigenvalue weighted by atomic mass is 35.5. The second kappa shape index (κ2) is 5.40. The molecule has 1 aliphatic carbocycles. The molecular formula is C13H14ClNO3. The van der Waals surface area contributed by atoms with E-state index >= 15 is 0 Å². The molecule has 0 aromatic heterocycles. The lowest BCUT2D eigenvalue weighted by atomic mass is 10.1. The summed E-state index contributed by atoms with van der Waals surface area (Å²) in [6, 6.07) is 5.51. The van der Waals surface area contributed by atoms with Crippen LogP contribution in [0.4, 0.5) is 0 Å². The minimum absolute atomic E-state index is 0.0366. The van der Waals surface area contributed by atoms with E-state index in [1.807, 2.05) is 12.1 Å². The van der Waals surface area contributed by atoms with E-state index in [9.17, 15) is 9.59 Å². The molecule has 1 aliphatic rings. The number of amides is 1. The number of carbonyl (C=O) groups excluding carboxylic acids is 2. The van der Waals surface area contributed by atoms with Crippen molar-refractivity contribution in [1.82, 2.24) is 5.32 Å².